The summed E-state index contributed by atoms with van der Waals surface area (Å²) in [6, 6.07) is 2.87. The Morgan fingerprint density at radius 1 is 0.792 bits per heavy atom. The van der Waals surface area contributed by atoms with Crippen molar-refractivity contribution in [2.75, 3.05) is 13.1 Å². The van der Waals surface area contributed by atoms with E-state index in [-0.39, 0.29) is 22.5 Å². The Kier molecular flexibility index (Phi) is 3.26. The average Bonchev–Trinajstić information content (AvgIpc) is 2.86. The van der Waals surface area contributed by atoms with Crippen LogP contribution in [0.2, 0.25) is 0 Å². The predicted octanol–water partition coefficient (Wildman–Crippen LogP) is 0.709. The van der Waals surface area contributed by atoms with Gasteiger partial charge in [-0.1, -0.05) is 13.2 Å². The Morgan fingerprint density at radius 3 is 1.46 bits per heavy atom. The van der Waals surface area contributed by atoms with E-state index in [0.29, 0.717) is 11.1 Å². The highest BCUT2D eigenvalue weighted by Gasteiger charge is 2.39. The third kappa shape index (κ3) is 2.08. The van der Waals surface area contributed by atoms with Crippen molar-refractivity contribution in [2.45, 2.75) is 0 Å². The number of benzene rings is 1. The Labute approximate surface area is 135 Å². The largest absolute Gasteiger partial charge is 0.480 e. The average molecular weight is 328 g/mol. The van der Waals surface area contributed by atoms with Gasteiger partial charge in [-0.2, -0.15) is 0 Å². The summed E-state index contributed by atoms with van der Waals surface area (Å²) in [4.78, 5) is 48.5. The summed E-state index contributed by atoms with van der Waals surface area (Å²) in [6.45, 7) is 6.41. The molecule has 0 aliphatic carbocycles. The number of fused-ring (bicyclic) bond motifs is 2. The van der Waals surface area contributed by atoms with Crippen LogP contribution in [0.5, 0.6) is 0 Å². The second-order valence-corrected chi connectivity index (χ2v) is 5.41. The van der Waals surface area contributed by atoms with Crippen LogP contribution in [0.1, 0.15) is 31.8 Å². The zero-order valence-corrected chi connectivity index (χ0v) is 12.4. The molecule has 3 rings (SSSR count). The molecule has 0 fully saturated rings. The molecule has 0 saturated heterocycles. The second-order valence-electron chi connectivity index (χ2n) is 5.41. The van der Waals surface area contributed by atoms with Gasteiger partial charge in [0.05, 0.1) is 11.1 Å². The Hall–Kier alpha value is -3.42. The fourth-order valence-electron chi connectivity index (χ4n) is 2.86. The minimum atomic E-state index is -1.18. The van der Waals surface area contributed by atoms with Gasteiger partial charge >= 0.3 is 11.9 Å². The summed E-state index contributed by atoms with van der Waals surface area (Å²) < 4.78 is 0. The summed E-state index contributed by atoms with van der Waals surface area (Å²) in [5.41, 5.74) is 1.59. The molecule has 1 aromatic carbocycles. The first-order valence-electron chi connectivity index (χ1n) is 6.86. The number of rotatable bonds is 4. The number of nitrogens with zero attached hydrogens (tertiary/aromatic N) is 2. The summed E-state index contributed by atoms with van der Waals surface area (Å²) >= 11 is 0. The molecule has 122 valence electrons. The lowest BCUT2D eigenvalue weighted by Gasteiger charge is -2.15. The summed E-state index contributed by atoms with van der Waals surface area (Å²) in [5, 5.41) is 17.8. The minimum Gasteiger partial charge on any atom is -0.480 e. The van der Waals surface area contributed by atoms with Crippen molar-refractivity contribution < 1.29 is 29.4 Å². The number of hydrogen-bond donors (Lipinski definition) is 2. The van der Waals surface area contributed by atoms with Gasteiger partial charge in [-0.05, 0) is 12.1 Å². The van der Waals surface area contributed by atoms with Gasteiger partial charge < -0.3 is 10.2 Å². The van der Waals surface area contributed by atoms with E-state index in [4.69, 9.17) is 10.2 Å². The molecule has 8 nitrogen and oxygen atoms in total. The van der Waals surface area contributed by atoms with Crippen LogP contribution in [-0.2, 0) is 9.59 Å². The number of carbonyl (C=O) groups excluding carboxylic acids is 2. The Bertz CT molecular complexity index is 747. The van der Waals surface area contributed by atoms with Gasteiger partial charge in [0.25, 0.3) is 11.8 Å². The predicted molar refractivity (Wildman–Crippen MR) is 81.9 cm³/mol. The molecule has 2 aliphatic heterocycles. The second kappa shape index (κ2) is 5.05. The van der Waals surface area contributed by atoms with E-state index in [2.05, 4.69) is 13.2 Å². The van der Waals surface area contributed by atoms with Crippen LogP contribution in [-0.4, -0.2) is 56.9 Å². The van der Waals surface area contributed by atoms with Crippen molar-refractivity contribution in [2.24, 2.45) is 0 Å². The molecule has 0 unspecified atom stereocenters. The maximum atomic E-state index is 12.4. The molecule has 0 radical (unpaired) electrons. The smallest absolute Gasteiger partial charge is 0.323 e. The highest BCUT2D eigenvalue weighted by molar-refractivity contribution is 6.16. The zero-order chi connectivity index (χ0) is 17.8. The lowest BCUT2D eigenvalue weighted by Crippen LogP contribution is -2.29. The van der Waals surface area contributed by atoms with Crippen LogP contribution in [0.15, 0.2) is 25.3 Å². The van der Waals surface area contributed by atoms with Crippen molar-refractivity contribution in [3.63, 3.8) is 0 Å². The summed E-state index contributed by atoms with van der Waals surface area (Å²) in [5.74, 6) is -3.48. The highest BCUT2D eigenvalue weighted by Crippen LogP contribution is 2.39. The zero-order valence-electron chi connectivity index (χ0n) is 12.4. The normalized spacial score (nSPS) is 15.8. The SMILES string of the molecule is C=C1c2cc3c(cc2C(=O)N1CC(=O)O)C(=O)N(CC(=O)O)C3=C. The molecule has 2 aliphatic rings. The molecule has 8 heteroatoms. The van der Waals surface area contributed by atoms with Gasteiger partial charge in [-0.15, -0.1) is 0 Å². The van der Waals surface area contributed by atoms with E-state index in [0.717, 1.165) is 9.80 Å². The van der Waals surface area contributed by atoms with E-state index in [1.54, 1.807) is 0 Å². The van der Waals surface area contributed by atoms with E-state index in [1.165, 1.54) is 12.1 Å². The van der Waals surface area contributed by atoms with E-state index in [9.17, 15) is 19.2 Å². The van der Waals surface area contributed by atoms with Gasteiger partial charge in [0.2, 0.25) is 0 Å². The fourth-order valence-corrected chi connectivity index (χ4v) is 2.86. The van der Waals surface area contributed by atoms with Crippen molar-refractivity contribution in [1.82, 2.24) is 9.80 Å². The van der Waals surface area contributed by atoms with Gasteiger partial charge in [-0.25, -0.2) is 0 Å². The molecule has 2 heterocycles. The quantitative estimate of drug-likeness (QED) is 0.841. The first-order chi connectivity index (χ1) is 11.2. The topological polar surface area (TPSA) is 115 Å². The van der Waals surface area contributed by atoms with Crippen LogP contribution in [0.4, 0.5) is 0 Å². The molecule has 2 N–H and O–H groups in total. The number of carboxylic acid groups (broad SMARTS) is 2. The van der Waals surface area contributed by atoms with E-state index >= 15 is 0 Å². The molecule has 0 spiro atoms. The van der Waals surface area contributed by atoms with Crippen LogP contribution in [0.3, 0.4) is 0 Å². The molecular weight excluding hydrogens is 316 g/mol. The molecule has 0 atom stereocenters. The first-order valence-corrected chi connectivity index (χ1v) is 6.86. The molecule has 0 bridgehead atoms. The third-order valence-electron chi connectivity index (χ3n) is 3.97. The van der Waals surface area contributed by atoms with Crippen molar-refractivity contribution in [3.05, 3.63) is 47.5 Å². The monoisotopic (exact) mass is 328 g/mol. The van der Waals surface area contributed by atoms with E-state index in [1.807, 2.05) is 0 Å². The minimum absolute atomic E-state index is 0.165. The fraction of sp³-hybridized carbons (Fsp3) is 0.125. The standard InChI is InChI=1S/C16H12N2O6/c1-7-9-3-10-8(2)18(6-14(21)22)16(24)12(10)4-11(9)15(23)17(7)5-13(19)20/h3-4H,1-2,5-6H2,(H,19,20)(H,21,22). The molecule has 2 amide bonds. The van der Waals surface area contributed by atoms with Crippen molar-refractivity contribution in [1.29, 1.82) is 0 Å². The van der Waals surface area contributed by atoms with Crippen LogP contribution < -0.4 is 0 Å². The molecule has 0 aromatic heterocycles. The lowest BCUT2D eigenvalue weighted by atomic mass is 9.99. The van der Waals surface area contributed by atoms with Crippen LogP contribution >= 0.6 is 0 Å². The number of carboxylic acids is 2. The molecule has 24 heavy (non-hydrogen) atoms. The van der Waals surface area contributed by atoms with Crippen LogP contribution in [0.25, 0.3) is 11.4 Å². The Morgan fingerprint density at radius 2 is 1.12 bits per heavy atom. The molecule has 1 aromatic rings. The van der Waals surface area contributed by atoms with Crippen molar-refractivity contribution in [3.8, 4) is 0 Å². The number of amides is 2. The maximum Gasteiger partial charge on any atom is 0.323 e. The first kappa shape index (κ1) is 15.5. The maximum absolute atomic E-state index is 12.4. The summed E-state index contributed by atoms with van der Waals surface area (Å²) in [6.07, 6.45) is 0. The number of hydrogen-bond acceptors (Lipinski definition) is 4. The van der Waals surface area contributed by atoms with E-state index < -0.39 is 36.8 Å². The van der Waals surface area contributed by atoms with Crippen LogP contribution in [0, 0.1) is 0 Å². The summed E-state index contributed by atoms with van der Waals surface area (Å²) in [7, 11) is 0. The van der Waals surface area contributed by atoms with Crippen molar-refractivity contribution >= 4 is 35.1 Å². The number of aliphatic carboxylic acids is 2. The third-order valence-corrected chi connectivity index (χ3v) is 3.97. The highest BCUT2D eigenvalue weighted by atomic mass is 16.4. The van der Waals surface area contributed by atoms with Gasteiger partial charge in [-0.3, -0.25) is 29.0 Å². The van der Waals surface area contributed by atoms with Gasteiger partial charge in [0, 0.05) is 22.5 Å². The van der Waals surface area contributed by atoms with Gasteiger partial charge in [0.15, 0.2) is 0 Å². The van der Waals surface area contributed by atoms with Gasteiger partial charge in [0.1, 0.15) is 13.1 Å². The Balaban J connectivity index is 2.06. The molecular formula is C16H12N2O6. The lowest BCUT2D eigenvalue weighted by molar-refractivity contribution is -0.138. The number of carbonyl (C=O) groups is 4. The molecule has 0 saturated carbocycles.